The van der Waals surface area contributed by atoms with Gasteiger partial charge in [-0.15, -0.1) is 11.3 Å². The minimum Gasteiger partial charge on any atom is -0.383 e. The van der Waals surface area contributed by atoms with Crippen LogP contribution < -0.4 is 11.2 Å². The summed E-state index contributed by atoms with van der Waals surface area (Å²) in [4.78, 5) is 25.8. The molecule has 2 rings (SSSR count). The number of ether oxygens (including phenoxy) is 1. The van der Waals surface area contributed by atoms with Gasteiger partial charge >= 0.3 is 5.69 Å². The molecule has 2 aromatic rings. The van der Waals surface area contributed by atoms with Gasteiger partial charge in [0.1, 0.15) is 4.83 Å². The summed E-state index contributed by atoms with van der Waals surface area (Å²) in [6, 6.07) is 0. The predicted molar refractivity (Wildman–Crippen MR) is 81.8 cm³/mol. The highest BCUT2D eigenvalue weighted by Gasteiger charge is 2.16. The number of thiophene rings is 1. The molecule has 0 N–H and O–H groups in total. The van der Waals surface area contributed by atoms with Crippen LogP contribution in [0.5, 0.6) is 0 Å². The van der Waals surface area contributed by atoms with Crippen molar-refractivity contribution in [3.05, 3.63) is 31.8 Å². The Morgan fingerprint density at radius 3 is 2.60 bits per heavy atom. The fourth-order valence-electron chi connectivity index (χ4n) is 2.25. The van der Waals surface area contributed by atoms with Crippen LogP contribution in [0, 0.1) is 12.8 Å². The van der Waals surface area contributed by atoms with Gasteiger partial charge in [-0.05, 0) is 23.8 Å². The fourth-order valence-corrected chi connectivity index (χ4v) is 3.32. The van der Waals surface area contributed by atoms with Crippen LogP contribution in [0.15, 0.2) is 15.0 Å². The van der Waals surface area contributed by atoms with E-state index in [1.165, 1.54) is 15.9 Å². The highest BCUT2D eigenvalue weighted by atomic mass is 32.1. The quantitative estimate of drug-likeness (QED) is 0.846. The Labute approximate surface area is 121 Å². The van der Waals surface area contributed by atoms with E-state index >= 15 is 0 Å². The number of fused-ring (bicyclic) bond motifs is 1. The molecule has 2 aromatic heterocycles. The van der Waals surface area contributed by atoms with Crippen LogP contribution in [0.2, 0.25) is 0 Å². The summed E-state index contributed by atoms with van der Waals surface area (Å²) < 4.78 is 8.07. The number of nitrogens with zero attached hydrogens (tertiary/aromatic N) is 2. The number of hydrogen-bond donors (Lipinski definition) is 0. The van der Waals surface area contributed by atoms with Gasteiger partial charge in [0.15, 0.2) is 0 Å². The van der Waals surface area contributed by atoms with Gasteiger partial charge in [-0.1, -0.05) is 13.8 Å². The summed E-state index contributed by atoms with van der Waals surface area (Å²) in [5.41, 5.74) is 0.514. The van der Waals surface area contributed by atoms with E-state index in [1.807, 2.05) is 26.2 Å². The van der Waals surface area contributed by atoms with E-state index in [4.69, 9.17) is 4.74 Å². The third-order valence-corrected chi connectivity index (χ3v) is 4.31. The van der Waals surface area contributed by atoms with Crippen LogP contribution in [-0.4, -0.2) is 22.9 Å². The summed E-state index contributed by atoms with van der Waals surface area (Å²) in [5, 5.41) is 2.58. The summed E-state index contributed by atoms with van der Waals surface area (Å²) >= 11 is 1.44. The van der Waals surface area contributed by atoms with Crippen molar-refractivity contribution in [3.63, 3.8) is 0 Å². The molecule has 0 spiro atoms. The van der Waals surface area contributed by atoms with Gasteiger partial charge in [0.05, 0.1) is 18.5 Å². The lowest BCUT2D eigenvalue weighted by atomic mass is 10.2. The fraction of sp³-hybridized carbons (Fsp3) is 0.571. The van der Waals surface area contributed by atoms with E-state index in [1.54, 1.807) is 11.7 Å². The molecule has 0 radical (unpaired) electrons. The predicted octanol–water partition coefficient (Wildman–Crippen LogP) is 1.84. The number of hydrogen-bond acceptors (Lipinski definition) is 4. The first-order valence-electron chi connectivity index (χ1n) is 6.67. The van der Waals surface area contributed by atoms with Crippen molar-refractivity contribution in [2.45, 2.75) is 33.9 Å². The highest BCUT2D eigenvalue weighted by Crippen LogP contribution is 2.21. The normalized spacial score (nSPS) is 11.7. The molecule has 20 heavy (non-hydrogen) atoms. The highest BCUT2D eigenvalue weighted by molar-refractivity contribution is 7.17. The number of methoxy groups -OCH3 is 1. The maximum Gasteiger partial charge on any atom is 0.332 e. The van der Waals surface area contributed by atoms with Gasteiger partial charge in [0, 0.05) is 13.7 Å². The van der Waals surface area contributed by atoms with Gasteiger partial charge in [-0.2, -0.15) is 0 Å². The van der Waals surface area contributed by atoms with Crippen molar-refractivity contribution in [1.82, 2.24) is 9.13 Å². The standard InChI is InChI=1S/C14H20N2O3S/c1-9(2)7-16-12(17)11-10(3)8-20-13(11)15(14(16)18)5-6-19-4/h8-9H,5-7H2,1-4H3. The Morgan fingerprint density at radius 1 is 1.30 bits per heavy atom. The van der Waals surface area contributed by atoms with E-state index < -0.39 is 0 Å². The van der Waals surface area contributed by atoms with E-state index in [0.29, 0.717) is 25.1 Å². The Bertz CT molecular complexity index is 724. The lowest BCUT2D eigenvalue weighted by Crippen LogP contribution is -2.41. The molecule has 0 aliphatic rings. The topological polar surface area (TPSA) is 53.2 Å². The maximum atomic E-state index is 12.5. The van der Waals surface area contributed by atoms with Crippen LogP contribution in [0.1, 0.15) is 19.4 Å². The average Bonchev–Trinajstić information content (AvgIpc) is 2.76. The molecule has 2 heterocycles. The summed E-state index contributed by atoms with van der Waals surface area (Å²) in [5.74, 6) is 0.243. The summed E-state index contributed by atoms with van der Waals surface area (Å²) in [7, 11) is 1.60. The van der Waals surface area contributed by atoms with Crippen molar-refractivity contribution in [3.8, 4) is 0 Å². The second kappa shape index (κ2) is 5.93. The minimum atomic E-state index is -0.241. The van der Waals surface area contributed by atoms with Crippen LogP contribution in [0.4, 0.5) is 0 Å². The first-order chi connectivity index (χ1) is 9.47. The van der Waals surface area contributed by atoms with Gasteiger partial charge < -0.3 is 4.74 Å². The molecule has 0 aromatic carbocycles. The maximum absolute atomic E-state index is 12.5. The lowest BCUT2D eigenvalue weighted by molar-refractivity contribution is 0.186. The summed E-state index contributed by atoms with van der Waals surface area (Å²) in [6.45, 7) is 7.25. The van der Waals surface area contributed by atoms with Crippen molar-refractivity contribution in [2.24, 2.45) is 5.92 Å². The van der Waals surface area contributed by atoms with Crippen molar-refractivity contribution < 1.29 is 4.74 Å². The Morgan fingerprint density at radius 2 is 2.00 bits per heavy atom. The Kier molecular flexibility index (Phi) is 4.45. The van der Waals surface area contributed by atoms with Gasteiger partial charge in [-0.3, -0.25) is 13.9 Å². The summed E-state index contributed by atoms with van der Waals surface area (Å²) in [6.07, 6.45) is 0. The molecule has 5 nitrogen and oxygen atoms in total. The first kappa shape index (κ1) is 15.0. The monoisotopic (exact) mass is 296 g/mol. The third-order valence-electron chi connectivity index (χ3n) is 3.19. The number of aromatic nitrogens is 2. The Balaban J connectivity index is 2.76. The molecule has 0 bridgehead atoms. The molecule has 0 amide bonds. The van der Waals surface area contributed by atoms with Crippen LogP contribution in [-0.2, 0) is 17.8 Å². The molecule has 0 saturated carbocycles. The molecule has 0 fully saturated rings. The molecular weight excluding hydrogens is 276 g/mol. The minimum absolute atomic E-state index is 0.175. The first-order valence-corrected chi connectivity index (χ1v) is 7.55. The van der Waals surface area contributed by atoms with E-state index in [0.717, 1.165) is 10.4 Å². The molecule has 110 valence electrons. The molecule has 0 unspecified atom stereocenters. The van der Waals surface area contributed by atoms with Crippen LogP contribution in [0.3, 0.4) is 0 Å². The van der Waals surface area contributed by atoms with Crippen LogP contribution >= 0.6 is 11.3 Å². The molecular formula is C14H20N2O3S. The van der Waals surface area contributed by atoms with Crippen LogP contribution in [0.25, 0.3) is 10.2 Å². The second-order valence-electron chi connectivity index (χ2n) is 5.34. The molecule has 0 atom stereocenters. The zero-order valence-corrected chi connectivity index (χ0v) is 13.1. The van der Waals surface area contributed by atoms with E-state index in [2.05, 4.69) is 0 Å². The van der Waals surface area contributed by atoms with Crippen molar-refractivity contribution in [2.75, 3.05) is 13.7 Å². The lowest BCUT2D eigenvalue weighted by Gasteiger charge is -2.13. The SMILES string of the molecule is COCCn1c(=O)n(CC(C)C)c(=O)c2c(C)csc21. The zero-order chi connectivity index (χ0) is 14.9. The van der Waals surface area contributed by atoms with Gasteiger partial charge in [0.2, 0.25) is 0 Å². The largest absolute Gasteiger partial charge is 0.383 e. The van der Waals surface area contributed by atoms with E-state index in [9.17, 15) is 9.59 Å². The molecule has 6 heteroatoms. The van der Waals surface area contributed by atoms with Gasteiger partial charge in [-0.25, -0.2) is 4.79 Å². The molecule has 0 aliphatic heterocycles. The van der Waals surface area contributed by atoms with Crippen molar-refractivity contribution >= 4 is 21.6 Å². The third kappa shape index (κ3) is 2.58. The van der Waals surface area contributed by atoms with Crippen molar-refractivity contribution in [1.29, 1.82) is 0 Å². The number of rotatable bonds is 5. The van der Waals surface area contributed by atoms with Gasteiger partial charge in [0.25, 0.3) is 5.56 Å². The number of aryl methyl sites for hydroxylation is 1. The average molecular weight is 296 g/mol. The molecule has 0 aliphatic carbocycles. The van der Waals surface area contributed by atoms with E-state index in [-0.39, 0.29) is 17.2 Å². The second-order valence-corrected chi connectivity index (χ2v) is 6.19. The zero-order valence-electron chi connectivity index (χ0n) is 12.3. The molecule has 0 saturated heterocycles. The smallest absolute Gasteiger partial charge is 0.332 e. The Hall–Kier alpha value is -1.40.